The Morgan fingerprint density at radius 1 is 1.22 bits per heavy atom. The van der Waals surface area contributed by atoms with Gasteiger partial charge < -0.3 is 5.11 Å². The van der Waals surface area contributed by atoms with Gasteiger partial charge in [-0.15, -0.1) is 0 Å². The summed E-state index contributed by atoms with van der Waals surface area (Å²) in [6.07, 6.45) is 5.85. The zero-order valence-corrected chi connectivity index (χ0v) is 12.4. The van der Waals surface area contributed by atoms with Crippen molar-refractivity contribution in [1.82, 2.24) is 4.90 Å². The van der Waals surface area contributed by atoms with Crippen molar-refractivity contribution in [3.8, 4) is 0 Å². The molecule has 106 valence electrons. The van der Waals surface area contributed by atoms with Crippen LogP contribution in [-0.2, 0) is 4.79 Å². The van der Waals surface area contributed by atoms with E-state index in [-0.39, 0.29) is 6.54 Å². The molecule has 3 heteroatoms. The predicted molar refractivity (Wildman–Crippen MR) is 74.7 cm³/mol. The Morgan fingerprint density at radius 3 is 2.17 bits per heavy atom. The van der Waals surface area contributed by atoms with Gasteiger partial charge in [-0.05, 0) is 50.0 Å². The summed E-state index contributed by atoms with van der Waals surface area (Å²) >= 11 is 0. The van der Waals surface area contributed by atoms with E-state index >= 15 is 0 Å². The lowest BCUT2D eigenvalue weighted by atomic mass is 9.71. The number of carbonyl (C=O) groups is 1. The molecule has 1 aliphatic rings. The van der Waals surface area contributed by atoms with Crippen LogP contribution >= 0.6 is 0 Å². The zero-order valence-electron chi connectivity index (χ0n) is 12.4. The standard InChI is InChI=1S/C15H29NO2/c1-5-10-16(11-14(17)18)13-8-6-12(7-9-13)15(2,3)4/h12-13H,5-11H2,1-4H3,(H,17,18). The number of aliphatic carboxylic acids is 1. The molecule has 1 rings (SSSR count). The quantitative estimate of drug-likeness (QED) is 0.818. The Labute approximate surface area is 112 Å². The van der Waals surface area contributed by atoms with Crippen molar-refractivity contribution in [2.45, 2.75) is 65.8 Å². The monoisotopic (exact) mass is 255 g/mol. The van der Waals surface area contributed by atoms with Crippen molar-refractivity contribution >= 4 is 5.97 Å². The second kappa shape index (κ2) is 6.55. The van der Waals surface area contributed by atoms with E-state index in [0.29, 0.717) is 11.5 Å². The molecule has 0 saturated heterocycles. The maximum Gasteiger partial charge on any atom is 0.317 e. The molecule has 1 aliphatic carbocycles. The molecule has 0 atom stereocenters. The molecule has 0 aromatic heterocycles. The smallest absolute Gasteiger partial charge is 0.317 e. The lowest BCUT2D eigenvalue weighted by Gasteiger charge is -2.40. The average Bonchev–Trinajstić information content (AvgIpc) is 2.27. The summed E-state index contributed by atoms with van der Waals surface area (Å²) in [5, 5.41) is 8.98. The van der Waals surface area contributed by atoms with Gasteiger partial charge in [0.15, 0.2) is 0 Å². The minimum absolute atomic E-state index is 0.207. The average molecular weight is 255 g/mol. The fourth-order valence-corrected chi connectivity index (χ4v) is 3.16. The molecule has 0 aromatic carbocycles. The number of carboxylic acid groups (broad SMARTS) is 1. The molecular formula is C15H29NO2. The van der Waals surface area contributed by atoms with Crippen LogP contribution < -0.4 is 0 Å². The fraction of sp³-hybridized carbons (Fsp3) is 0.933. The molecule has 0 aliphatic heterocycles. The second-order valence-electron chi connectivity index (χ2n) is 6.74. The van der Waals surface area contributed by atoms with Gasteiger partial charge in [0.2, 0.25) is 0 Å². The van der Waals surface area contributed by atoms with Crippen LogP contribution in [0, 0.1) is 11.3 Å². The van der Waals surface area contributed by atoms with Crippen LogP contribution in [0.5, 0.6) is 0 Å². The first-order chi connectivity index (χ1) is 8.34. The van der Waals surface area contributed by atoms with Crippen LogP contribution in [-0.4, -0.2) is 35.1 Å². The third-order valence-electron chi connectivity index (χ3n) is 4.29. The molecular weight excluding hydrogens is 226 g/mol. The number of hydrogen-bond acceptors (Lipinski definition) is 2. The Morgan fingerprint density at radius 2 is 1.78 bits per heavy atom. The summed E-state index contributed by atoms with van der Waals surface area (Å²) in [6, 6.07) is 0.486. The fourth-order valence-electron chi connectivity index (χ4n) is 3.16. The van der Waals surface area contributed by atoms with Gasteiger partial charge in [-0.1, -0.05) is 27.7 Å². The zero-order chi connectivity index (χ0) is 13.8. The normalized spacial score (nSPS) is 25.4. The maximum absolute atomic E-state index is 10.9. The Kier molecular flexibility index (Phi) is 5.64. The van der Waals surface area contributed by atoms with E-state index in [1.807, 2.05) is 0 Å². The number of hydrogen-bond donors (Lipinski definition) is 1. The summed E-state index contributed by atoms with van der Waals surface area (Å²) in [5.41, 5.74) is 0.396. The molecule has 1 fully saturated rings. The highest BCUT2D eigenvalue weighted by molar-refractivity contribution is 5.69. The first-order valence-corrected chi connectivity index (χ1v) is 7.30. The SMILES string of the molecule is CCCN(CC(=O)O)C1CCC(C(C)(C)C)CC1. The molecule has 1 N–H and O–H groups in total. The second-order valence-corrected chi connectivity index (χ2v) is 6.74. The summed E-state index contributed by atoms with van der Waals surface area (Å²) in [4.78, 5) is 13.1. The van der Waals surface area contributed by atoms with E-state index in [1.165, 1.54) is 12.8 Å². The van der Waals surface area contributed by atoms with Crippen LogP contribution in [0.1, 0.15) is 59.8 Å². The van der Waals surface area contributed by atoms with E-state index in [0.717, 1.165) is 31.7 Å². The highest BCUT2D eigenvalue weighted by Crippen LogP contribution is 2.38. The summed E-state index contributed by atoms with van der Waals surface area (Å²) in [6.45, 7) is 10.2. The van der Waals surface area contributed by atoms with Gasteiger partial charge >= 0.3 is 5.97 Å². The lowest BCUT2D eigenvalue weighted by Crippen LogP contribution is -2.42. The molecule has 0 spiro atoms. The number of rotatable bonds is 5. The van der Waals surface area contributed by atoms with Gasteiger partial charge in [0.1, 0.15) is 0 Å². The van der Waals surface area contributed by atoms with Gasteiger partial charge in [0.25, 0.3) is 0 Å². The number of carboxylic acids is 1. The van der Waals surface area contributed by atoms with Gasteiger partial charge in [-0.3, -0.25) is 9.69 Å². The summed E-state index contributed by atoms with van der Waals surface area (Å²) in [5.74, 6) is 0.100. The summed E-state index contributed by atoms with van der Waals surface area (Å²) < 4.78 is 0. The third kappa shape index (κ3) is 4.60. The van der Waals surface area contributed by atoms with Gasteiger partial charge in [0, 0.05) is 6.04 Å². The Balaban J connectivity index is 2.50. The largest absolute Gasteiger partial charge is 0.480 e. The number of nitrogens with zero attached hydrogens (tertiary/aromatic N) is 1. The molecule has 0 amide bonds. The van der Waals surface area contributed by atoms with E-state index in [9.17, 15) is 4.79 Å². The van der Waals surface area contributed by atoms with Crippen LogP contribution in [0.25, 0.3) is 0 Å². The third-order valence-corrected chi connectivity index (χ3v) is 4.29. The van der Waals surface area contributed by atoms with Crippen LogP contribution in [0.15, 0.2) is 0 Å². The van der Waals surface area contributed by atoms with Crippen molar-refractivity contribution in [3.63, 3.8) is 0 Å². The lowest BCUT2D eigenvalue weighted by molar-refractivity contribution is -0.139. The molecule has 18 heavy (non-hydrogen) atoms. The van der Waals surface area contributed by atoms with Crippen LogP contribution in [0.4, 0.5) is 0 Å². The molecule has 0 radical (unpaired) electrons. The minimum Gasteiger partial charge on any atom is -0.480 e. The summed E-state index contributed by atoms with van der Waals surface area (Å²) in [7, 11) is 0. The van der Waals surface area contributed by atoms with Gasteiger partial charge in [-0.2, -0.15) is 0 Å². The Hall–Kier alpha value is -0.570. The topological polar surface area (TPSA) is 40.5 Å². The molecule has 0 bridgehead atoms. The Bertz CT molecular complexity index is 262. The van der Waals surface area contributed by atoms with Crippen molar-refractivity contribution in [1.29, 1.82) is 0 Å². The molecule has 0 aromatic rings. The first-order valence-electron chi connectivity index (χ1n) is 7.30. The van der Waals surface area contributed by atoms with Gasteiger partial charge in [-0.25, -0.2) is 0 Å². The van der Waals surface area contributed by atoms with Crippen LogP contribution in [0.2, 0.25) is 0 Å². The molecule has 3 nitrogen and oxygen atoms in total. The maximum atomic E-state index is 10.9. The molecule has 1 saturated carbocycles. The highest BCUT2D eigenvalue weighted by atomic mass is 16.4. The van der Waals surface area contributed by atoms with Crippen molar-refractivity contribution in [3.05, 3.63) is 0 Å². The van der Waals surface area contributed by atoms with Crippen molar-refractivity contribution in [2.75, 3.05) is 13.1 Å². The van der Waals surface area contributed by atoms with E-state index < -0.39 is 5.97 Å². The van der Waals surface area contributed by atoms with E-state index in [4.69, 9.17) is 5.11 Å². The predicted octanol–water partition coefficient (Wildman–Crippen LogP) is 3.39. The van der Waals surface area contributed by atoms with Gasteiger partial charge in [0.05, 0.1) is 6.54 Å². The van der Waals surface area contributed by atoms with E-state index in [1.54, 1.807) is 0 Å². The highest BCUT2D eigenvalue weighted by Gasteiger charge is 2.32. The minimum atomic E-state index is -0.693. The van der Waals surface area contributed by atoms with Crippen LogP contribution in [0.3, 0.4) is 0 Å². The van der Waals surface area contributed by atoms with Crippen molar-refractivity contribution < 1.29 is 9.90 Å². The first kappa shape index (κ1) is 15.5. The molecule has 0 heterocycles. The van der Waals surface area contributed by atoms with E-state index in [2.05, 4.69) is 32.6 Å². The molecule has 0 unspecified atom stereocenters. The van der Waals surface area contributed by atoms with Crippen molar-refractivity contribution in [2.24, 2.45) is 11.3 Å².